The number of rotatable bonds is 5. The van der Waals surface area contributed by atoms with E-state index >= 15 is 0 Å². The number of benzene rings is 10. The van der Waals surface area contributed by atoms with Gasteiger partial charge in [-0.15, -0.1) is 11.3 Å². The van der Waals surface area contributed by atoms with E-state index in [1.165, 1.54) is 91.2 Å². The van der Waals surface area contributed by atoms with Gasteiger partial charge in [0.05, 0.1) is 5.69 Å². The van der Waals surface area contributed by atoms with Gasteiger partial charge in [-0.1, -0.05) is 152 Å². The van der Waals surface area contributed by atoms with Crippen LogP contribution in [0.5, 0.6) is 0 Å². The van der Waals surface area contributed by atoms with Crippen molar-refractivity contribution in [3.63, 3.8) is 0 Å². The highest BCUT2D eigenvalue weighted by Gasteiger charge is 2.21. The lowest BCUT2D eigenvalue weighted by Crippen LogP contribution is -2.10. The lowest BCUT2D eigenvalue weighted by Gasteiger charge is -2.27. The first kappa shape index (κ1) is 30.8. The van der Waals surface area contributed by atoms with E-state index in [0.29, 0.717) is 0 Å². The highest BCUT2D eigenvalue weighted by atomic mass is 32.1. The molecule has 0 aliphatic carbocycles. The molecule has 11 aromatic rings. The van der Waals surface area contributed by atoms with Gasteiger partial charge in [-0.05, 0) is 114 Å². The molecule has 0 amide bonds. The van der Waals surface area contributed by atoms with Crippen LogP contribution in [0.25, 0.3) is 85.5 Å². The summed E-state index contributed by atoms with van der Waals surface area (Å²) >= 11 is 1.89. The summed E-state index contributed by atoms with van der Waals surface area (Å²) in [6.07, 6.45) is 0. The number of thiophene rings is 1. The molecule has 0 fully saturated rings. The fourth-order valence-electron chi connectivity index (χ4n) is 8.41. The first-order valence-electron chi connectivity index (χ1n) is 18.5. The molecule has 252 valence electrons. The molecular weight excluding hydrogens is 671 g/mol. The van der Waals surface area contributed by atoms with Crippen LogP contribution in [0.2, 0.25) is 0 Å². The Labute approximate surface area is 317 Å². The average molecular weight is 704 g/mol. The first-order chi connectivity index (χ1) is 26.8. The van der Waals surface area contributed by atoms with Crippen LogP contribution >= 0.6 is 11.3 Å². The lowest BCUT2D eigenvalue weighted by atomic mass is 9.92. The van der Waals surface area contributed by atoms with Gasteiger partial charge in [0, 0.05) is 31.5 Å². The van der Waals surface area contributed by atoms with E-state index in [9.17, 15) is 0 Å². The standard InChI is InChI=1S/C52H33NS/c1-2-12-34(13-3-1)35-24-27-41(28-25-35)53(49-33-39-15-5-7-17-44(39)52-51(49)47-20-10-11-21-50(47)54-52)42-29-26-36-30-40(23-22-37(36)31-42)48-32-38-14-4-6-16-43(38)45-18-8-9-19-46(45)48/h1-33H. The Bertz CT molecular complexity index is 3210. The third kappa shape index (κ3) is 4.99. The number of nitrogens with zero attached hydrogens (tertiary/aromatic N) is 1. The summed E-state index contributed by atoms with van der Waals surface area (Å²) < 4.78 is 2.62. The second-order valence-electron chi connectivity index (χ2n) is 14.1. The summed E-state index contributed by atoms with van der Waals surface area (Å²) in [5.74, 6) is 0. The zero-order valence-electron chi connectivity index (χ0n) is 29.4. The van der Waals surface area contributed by atoms with Gasteiger partial charge in [-0.25, -0.2) is 0 Å². The molecule has 0 aliphatic rings. The molecule has 0 saturated carbocycles. The molecule has 0 bridgehead atoms. The van der Waals surface area contributed by atoms with Crippen molar-refractivity contribution in [2.75, 3.05) is 4.90 Å². The minimum Gasteiger partial charge on any atom is -0.310 e. The van der Waals surface area contributed by atoms with Gasteiger partial charge >= 0.3 is 0 Å². The second-order valence-corrected chi connectivity index (χ2v) is 15.2. The summed E-state index contributed by atoms with van der Waals surface area (Å²) in [6.45, 7) is 0. The molecule has 0 N–H and O–H groups in total. The predicted octanol–water partition coefficient (Wildman–Crippen LogP) is 15.5. The van der Waals surface area contributed by atoms with E-state index in [2.05, 4.69) is 205 Å². The van der Waals surface area contributed by atoms with Crippen molar-refractivity contribution in [2.45, 2.75) is 0 Å². The fourth-order valence-corrected chi connectivity index (χ4v) is 9.67. The third-order valence-electron chi connectivity index (χ3n) is 11.0. The average Bonchev–Trinajstić information content (AvgIpc) is 3.64. The number of hydrogen-bond acceptors (Lipinski definition) is 2. The van der Waals surface area contributed by atoms with Gasteiger partial charge in [0.15, 0.2) is 0 Å². The molecule has 0 atom stereocenters. The van der Waals surface area contributed by atoms with Crippen molar-refractivity contribution < 1.29 is 0 Å². The van der Waals surface area contributed by atoms with E-state index in [0.717, 1.165) is 11.4 Å². The molecule has 0 aliphatic heterocycles. The van der Waals surface area contributed by atoms with Gasteiger partial charge in [0.1, 0.15) is 0 Å². The Morgan fingerprint density at radius 3 is 1.72 bits per heavy atom. The quantitative estimate of drug-likeness (QED) is 0.161. The van der Waals surface area contributed by atoms with Crippen molar-refractivity contribution in [3.8, 4) is 22.3 Å². The van der Waals surface area contributed by atoms with Crippen molar-refractivity contribution in [1.29, 1.82) is 0 Å². The van der Waals surface area contributed by atoms with E-state index in [1.807, 2.05) is 11.3 Å². The highest BCUT2D eigenvalue weighted by Crippen LogP contribution is 2.48. The minimum absolute atomic E-state index is 1.13. The molecule has 10 aromatic carbocycles. The Balaban J connectivity index is 1.12. The maximum atomic E-state index is 2.47. The molecule has 0 radical (unpaired) electrons. The van der Waals surface area contributed by atoms with Crippen molar-refractivity contribution >= 4 is 91.7 Å². The number of hydrogen-bond donors (Lipinski definition) is 0. The maximum Gasteiger partial charge on any atom is 0.0561 e. The van der Waals surface area contributed by atoms with Crippen molar-refractivity contribution in [2.24, 2.45) is 0 Å². The van der Waals surface area contributed by atoms with Crippen LogP contribution in [0.15, 0.2) is 200 Å². The minimum atomic E-state index is 1.13. The molecule has 1 heterocycles. The zero-order chi connectivity index (χ0) is 35.6. The van der Waals surface area contributed by atoms with E-state index in [1.54, 1.807) is 0 Å². The molecule has 2 heteroatoms. The van der Waals surface area contributed by atoms with Crippen LogP contribution < -0.4 is 4.90 Å². The molecule has 0 unspecified atom stereocenters. The predicted molar refractivity (Wildman–Crippen MR) is 235 cm³/mol. The van der Waals surface area contributed by atoms with Crippen LogP contribution in [-0.2, 0) is 0 Å². The summed E-state index contributed by atoms with van der Waals surface area (Å²) in [6, 6.07) is 73.5. The molecule has 0 saturated heterocycles. The fraction of sp³-hybridized carbons (Fsp3) is 0. The van der Waals surface area contributed by atoms with Gasteiger partial charge < -0.3 is 4.90 Å². The second kappa shape index (κ2) is 12.4. The van der Waals surface area contributed by atoms with Gasteiger partial charge in [-0.3, -0.25) is 0 Å². The van der Waals surface area contributed by atoms with Crippen LogP contribution in [0.4, 0.5) is 17.1 Å². The Hall–Kier alpha value is -6.74. The summed E-state index contributed by atoms with van der Waals surface area (Å²) in [5.41, 5.74) is 8.35. The van der Waals surface area contributed by atoms with Crippen LogP contribution in [0.3, 0.4) is 0 Å². The smallest absolute Gasteiger partial charge is 0.0561 e. The summed E-state index contributed by atoms with van der Waals surface area (Å²) in [7, 11) is 0. The third-order valence-corrected chi connectivity index (χ3v) is 12.2. The first-order valence-corrected chi connectivity index (χ1v) is 19.3. The lowest BCUT2D eigenvalue weighted by molar-refractivity contribution is 1.31. The maximum absolute atomic E-state index is 2.47. The number of fused-ring (bicyclic) bond motifs is 9. The van der Waals surface area contributed by atoms with Crippen LogP contribution in [0, 0.1) is 0 Å². The van der Waals surface area contributed by atoms with Gasteiger partial charge in [0.2, 0.25) is 0 Å². The highest BCUT2D eigenvalue weighted by molar-refractivity contribution is 7.26. The Morgan fingerprint density at radius 2 is 0.907 bits per heavy atom. The van der Waals surface area contributed by atoms with Crippen LogP contribution in [0.1, 0.15) is 0 Å². The van der Waals surface area contributed by atoms with E-state index < -0.39 is 0 Å². The van der Waals surface area contributed by atoms with Gasteiger partial charge in [0.25, 0.3) is 0 Å². The van der Waals surface area contributed by atoms with Crippen LogP contribution in [-0.4, -0.2) is 0 Å². The Morgan fingerprint density at radius 1 is 0.333 bits per heavy atom. The largest absolute Gasteiger partial charge is 0.310 e. The Kier molecular flexibility index (Phi) is 7.11. The SMILES string of the molecule is c1ccc(-c2ccc(N(c3ccc4cc(-c5cc6ccccc6c6ccccc56)ccc4c3)c3cc4ccccc4c4sc5ccccc5c34)cc2)cc1. The zero-order valence-corrected chi connectivity index (χ0v) is 30.2. The van der Waals surface area contributed by atoms with Crippen molar-refractivity contribution in [3.05, 3.63) is 200 Å². The molecule has 11 rings (SSSR count). The molecular formula is C52H33NS. The molecule has 54 heavy (non-hydrogen) atoms. The topological polar surface area (TPSA) is 3.24 Å². The van der Waals surface area contributed by atoms with Gasteiger partial charge in [-0.2, -0.15) is 0 Å². The summed E-state index contributed by atoms with van der Waals surface area (Å²) in [4.78, 5) is 2.47. The van der Waals surface area contributed by atoms with Crippen molar-refractivity contribution in [1.82, 2.24) is 0 Å². The monoisotopic (exact) mass is 703 g/mol. The molecule has 1 nitrogen and oxygen atoms in total. The van der Waals surface area contributed by atoms with E-state index in [4.69, 9.17) is 0 Å². The van der Waals surface area contributed by atoms with E-state index in [-0.39, 0.29) is 0 Å². The summed E-state index contributed by atoms with van der Waals surface area (Å²) in [5, 5.41) is 12.7. The molecule has 1 aromatic heterocycles. The number of anilines is 3. The normalized spacial score (nSPS) is 11.7. The molecule has 0 spiro atoms.